The molecule has 0 atom stereocenters. The zero-order chi connectivity index (χ0) is 4.00. The first kappa shape index (κ1) is 9.14. The summed E-state index contributed by atoms with van der Waals surface area (Å²) in [6.45, 7) is 0. The van der Waals surface area contributed by atoms with Crippen molar-refractivity contribution in [1.29, 1.82) is 0 Å². The molecule has 0 aromatic rings. The van der Waals surface area contributed by atoms with E-state index < -0.39 is 0 Å². The van der Waals surface area contributed by atoms with Gasteiger partial charge in [-0.25, -0.2) is 0 Å². The Bertz CT molecular complexity index is 4.00. The molecule has 0 nitrogen and oxygen atoms in total. The van der Waals surface area contributed by atoms with Gasteiger partial charge in [0, 0.05) is 0 Å². The van der Waals surface area contributed by atoms with Gasteiger partial charge < -0.3 is 0 Å². The zero-order valence-electron chi connectivity index (χ0n) is 3.15. The molecular formula is C2H8Sn2. The van der Waals surface area contributed by atoms with Gasteiger partial charge in [-0.1, -0.05) is 0 Å². The second-order valence-electron chi connectivity index (χ2n) is 0. The summed E-state index contributed by atoms with van der Waals surface area (Å²) in [7, 11) is 0. The van der Waals surface area contributed by atoms with Crippen LogP contribution < -0.4 is 0 Å². The van der Waals surface area contributed by atoms with E-state index in [4.69, 9.17) is 0 Å². The molecule has 0 N–H and O–H groups in total. The van der Waals surface area contributed by atoms with E-state index in [0.29, 0.717) is 0 Å². The fourth-order valence-corrected chi connectivity index (χ4v) is 0. The predicted molar refractivity (Wildman–Crippen MR) is 26.0 cm³/mol. The summed E-state index contributed by atoms with van der Waals surface area (Å²) in [6, 6.07) is 0. The van der Waals surface area contributed by atoms with E-state index in [-0.39, 0.29) is 0 Å². The molecule has 0 heterocycles. The molecule has 0 saturated carbocycles. The molecule has 0 aromatic heterocycles. The van der Waals surface area contributed by atoms with Crippen LogP contribution in [-0.4, -0.2) is 45.0 Å². The zero-order valence-corrected chi connectivity index (χ0v) is 9.75. The van der Waals surface area contributed by atoms with Gasteiger partial charge in [0.05, 0.1) is 0 Å². The van der Waals surface area contributed by atoms with Gasteiger partial charge in [0.15, 0.2) is 0 Å². The molecular weight excluding hydrogens is 261 g/mol. The van der Waals surface area contributed by atoms with E-state index in [1.165, 1.54) is 45.0 Å². The average Bonchev–Trinajstić information content (AvgIpc) is 1.50. The van der Waals surface area contributed by atoms with Crippen molar-refractivity contribution in [3.05, 3.63) is 0 Å². The molecule has 0 fully saturated rings. The van der Waals surface area contributed by atoms with E-state index in [0.717, 1.165) is 0 Å². The first-order valence-electron chi connectivity index (χ1n) is 1.15. The summed E-state index contributed by atoms with van der Waals surface area (Å²) in [6.07, 6.45) is 0. The van der Waals surface area contributed by atoms with Crippen LogP contribution in [0, 0.1) is 0 Å². The van der Waals surface area contributed by atoms with Gasteiger partial charge in [-0.15, -0.1) is 0 Å². The maximum atomic E-state index is 2.13. The molecule has 0 amide bonds. The van der Waals surface area contributed by atoms with E-state index in [2.05, 4.69) is 9.88 Å². The Morgan fingerprint density at radius 3 is 0.750 bits per heavy atom. The van der Waals surface area contributed by atoms with Crippen LogP contribution >= 0.6 is 0 Å². The fourth-order valence-electron chi connectivity index (χ4n) is 0. The van der Waals surface area contributed by atoms with Crippen LogP contribution in [0.5, 0.6) is 0 Å². The van der Waals surface area contributed by atoms with Gasteiger partial charge in [-0.05, 0) is 0 Å². The third-order valence-electron chi connectivity index (χ3n) is 0. The minimum atomic E-state index is 1.35. The van der Waals surface area contributed by atoms with Crippen LogP contribution in [0.25, 0.3) is 0 Å². The van der Waals surface area contributed by atoms with Crippen molar-refractivity contribution in [2.75, 3.05) is 0 Å². The topological polar surface area (TPSA) is 0 Å². The van der Waals surface area contributed by atoms with Gasteiger partial charge in [0.25, 0.3) is 0 Å². The van der Waals surface area contributed by atoms with E-state index >= 15 is 0 Å². The Morgan fingerprint density at radius 1 is 0.750 bits per heavy atom. The van der Waals surface area contributed by atoms with Gasteiger partial charge in [-0.3, -0.25) is 0 Å². The molecule has 0 saturated heterocycles. The molecule has 24 valence electrons. The van der Waals surface area contributed by atoms with Crippen LogP contribution in [0.3, 0.4) is 0 Å². The van der Waals surface area contributed by atoms with Crippen LogP contribution in [0.1, 0.15) is 0 Å². The van der Waals surface area contributed by atoms with Crippen LogP contribution in [0.4, 0.5) is 0 Å². The van der Waals surface area contributed by atoms with Crippen molar-refractivity contribution in [1.82, 2.24) is 0 Å². The third-order valence-corrected chi connectivity index (χ3v) is 0. The van der Waals surface area contributed by atoms with Crippen molar-refractivity contribution < 1.29 is 0 Å². The Labute approximate surface area is 54.5 Å². The monoisotopic (exact) mass is 272 g/mol. The second kappa shape index (κ2) is 23.3. The fraction of sp³-hybridized carbons (Fsp3) is 1.00. The third kappa shape index (κ3) is 9.51. The van der Waals surface area contributed by atoms with E-state index in [9.17, 15) is 0 Å². The van der Waals surface area contributed by atoms with E-state index in [1.54, 1.807) is 0 Å². The van der Waals surface area contributed by atoms with Gasteiger partial charge >= 0.3 is 54.9 Å². The molecule has 0 rings (SSSR count). The summed E-state index contributed by atoms with van der Waals surface area (Å²) in [5.41, 5.74) is 0. The molecule has 2 heteroatoms. The Kier molecular flexibility index (Phi) is 53.3. The van der Waals surface area contributed by atoms with Crippen molar-refractivity contribution in [3.8, 4) is 0 Å². The summed E-state index contributed by atoms with van der Waals surface area (Å²) in [4.78, 5) is 4.26. The molecule has 0 aliphatic heterocycles. The second-order valence-corrected chi connectivity index (χ2v) is 0. The molecule has 4 radical (unpaired) electrons. The first-order chi connectivity index (χ1) is 2.00. The first-order valence-corrected chi connectivity index (χ1v) is 7.75. The molecule has 0 unspecified atom stereocenters. The van der Waals surface area contributed by atoms with Crippen molar-refractivity contribution in [2.24, 2.45) is 0 Å². The molecule has 0 aliphatic rings. The van der Waals surface area contributed by atoms with Crippen molar-refractivity contribution in [3.63, 3.8) is 0 Å². The van der Waals surface area contributed by atoms with Crippen LogP contribution in [-0.2, 0) is 0 Å². The molecule has 0 spiro atoms. The van der Waals surface area contributed by atoms with Crippen LogP contribution in [0.2, 0.25) is 9.88 Å². The van der Waals surface area contributed by atoms with E-state index in [1.807, 2.05) is 0 Å². The van der Waals surface area contributed by atoms with Gasteiger partial charge in [0.1, 0.15) is 0 Å². The average molecular weight is 270 g/mol. The van der Waals surface area contributed by atoms with Crippen LogP contribution in [0.15, 0.2) is 0 Å². The molecule has 4 heavy (non-hydrogen) atoms. The summed E-state index contributed by atoms with van der Waals surface area (Å²) in [5, 5.41) is 0. The minimum absolute atomic E-state index is 1.35. The van der Waals surface area contributed by atoms with Crippen molar-refractivity contribution in [2.45, 2.75) is 9.88 Å². The Morgan fingerprint density at radius 2 is 0.750 bits per heavy atom. The van der Waals surface area contributed by atoms with Gasteiger partial charge in [0.2, 0.25) is 0 Å². The Hall–Kier alpha value is 1.60. The Balaban J connectivity index is 0. The number of hydrogen-bond acceptors (Lipinski definition) is 0. The summed E-state index contributed by atoms with van der Waals surface area (Å²) >= 11 is 2.70. The number of rotatable bonds is 0. The summed E-state index contributed by atoms with van der Waals surface area (Å²) < 4.78 is 0. The normalized spacial score (nSPS) is 3.00. The SMILES string of the molecule is [CH3][SnH].[CH3][SnH]. The molecule has 0 aliphatic carbocycles. The molecule has 0 bridgehead atoms. The summed E-state index contributed by atoms with van der Waals surface area (Å²) in [5.74, 6) is 0. The quantitative estimate of drug-likeness (QED) is 0.538. The van der Waals surface area contributed by atoms with Gasteiger partial charge in [-0.2, -0.15) is 0 Å². The molecule has 0 aromatic carbocycles. The maximum absolute atomic E-state index is 2.13. The number of hydrogen-bond donors (Lipinski definition) is 0. The standard InChI is InChI=1S/2CH3.2Sn.2H/h2*1H3;;;;. The predicted octanol–water partition coefficient (Wildman–Crippen LogP) is -0.129. The van der Waals surface area contributed by atoms with Crippen molar-refractivity contribution >= 4 is 45.0 Å².